The third-order valence-corrected chi connectivity index (χ3v) is 6.49. The van der Waals surface area contributed by atoms with Gasteiger partial charge in [-0.05, 0) is 48.9 Å². The number of amides is 1. The van der Waals surface area contributed by atoms with E-state index >= 15 is 0 Å². The molecular weight excluding hydrogens is 547 g/mol. The van der Waals surface area contributed by atoms with Crippen molar-refractivity contribution in [1.82, 2.24) is 24.9 Å². The van der Waals surface area contributed by atoms with Crippen LogP contribution in [-0.2, 0) is 36.1 Å². The van der Waals surface area contributed by atoms with Crippen molar-refractivity contribution in [3.8, 4) is 28.7 Å². The highest BCUT2D eigenvalue weighted by atomic mass is 19.1. The van der Waals surface area contributed by atoms with E-state index in [1.807, 2.05) is 12.1 Å². The smallest absolute Gasteiger partial charge is 0.317 e. The molecule has 13 nitrogen and oxygen atoms in total. The van der Waals surface area contributed by atoms with Crippen molar-refractivity contribution in [2.45, 2.75) is 19.3 Å². The van der Waals surface area contributed by atoms with E-state index in [0.717, 1.165) is 5.56 Å². The highest BCUT2D eigenvalue weighted by molar-refractivity contribution is 5.85. The van der Waals surface area contributed by atoms with Crippen LogP contribution >= 0.6 is 0 Å². The largest absolute Gasteiger partial charge is 0.450 e. The summed E-state index contributed by atoms with van der Waals surface area (Å²) in [6, 6.07) is 12.6. The van der Waals surface area contributed by atoms with Crippen LogP contribution in [0.3, 0.4) is 0 Å². The molecule has 1 aromatic carbocycles. The molecule has 214 valence electrons. The first kappa shape index (κ1) is 28.3. The minimum atomic E-state index is -2.20. The average molecular weight is 573 g/mol. The van der Waals surface area contributed by atoms with Crippen LogP contribution in [0.25, 0.3) is 22.6 Å². The number of anilines is 1. The van der Waals surface area contributed by atoms with Gasteiger partial charge >= 0.3 is 11.8 Å². The van der Waals surface area contributed by atoms with Crippen molar-refractivity contribution in [2.75, 3.05) is 25.1 Å². The number of benzene rings is 1. The first-order chi connectivity index (χ1) is 20.2. The maximum Gasteiger partial charge on any atom is 0.317 e. The van der Waals surface area contributed by atoms with Crippen molar-refractivity contribution in [3.05, 3.63) is 78.3 Å². The molecule has 5 rings (SSSR count). The van der Waals surface area contributed by atoms with Crippen molar-refractivity contribution in [3.63, 3.8) is 0 Å². The minimum Gasteiger partial charge on any atom is -0.450 e. The molecule has 1 aliphatic heterocycles. The molecule has 4 aromatic rings. The van der Waals surface area contributed by atoms with Gasteiger partial charge < -0.3 is 30.2 Å². The molecule has 0 aliphatic carbocycles. The summed E-state index contributed by atoms with van der Waals surface area (Å²) in [4.78, 5) is 45.9. The third-order valence-electron chi connectivity index (χ3n) is 6.49. The SMILES string of the molecule is CC1(C(=O)OCC#N)COC(C(N)=O)(c2nc(-c3ccc(F)cc3)c(-c3ccnc(NCc4cccnc4)n3)[nH]2)OC1. The summed E-state index contributed by atoms with van der Waals surface area (Å²) in [6.45, 7) is 0.834. The molecule has 4 heterocycles. The lowest BCUT2D eigenvalue weighted by molar-refractivity contribution is -0.293. The van der Waals surface area contributed by atoms with Gasteiger partial charge in [0.2, 0.25) is 5.95 Å². The van der Waals surface area contributed by atoms with E-state index in [1.165, 1.54) is 31.2 Å². The molecule has 0 unspecified atom stereocenters. The second kappa shape index (κ2) is 11.7. The van der Waals surface area contributed by atoms with Crippen LogP contribution in [0.5, 0.6) is 0 Å². The Morgan fingerprint density at radius 1 is 1.17 bits per heavy atom. The molecule has 1 aliphatic rings. The number of esters is 1. The van der Waals surface area contributed by atoms with E-state index < -0.39 is 35.5 Å². The van der Waals surface area contributed by atoms with Crippen molar-refractivity contribution in [1.29, 1.82) is 5.26 Å². The first-order valence-corrected chi connectivity index (χ1v) is 12.7. The van der Waals surface area contributed by atoms with Crippen LogP contribution in [-0.4, -0.2) is 56.6 Å². The molecule has 0 saturated carbocycles. The number of nitrogens with zero attached hydrogens (tertiary/aromatic N) is 5. The van der Waals surface area contributed by atoms with Gasteiger partial charge in [0.1, 0.15) is 17.3 Å². The molecule has 1 saturated heterocycles. The molecule has 3 aromatic heterocycles. The quantitative estimate of drug-likeness (QED) is 0.250. The predicted molar refractivity (Wildman–Crippen MR) is 144 cm³/mol. The van der Waals surface area contributed by atoms with Crippen LogP contribution in [0.4, 0.5) is 10.3 Å². The summed E-state index contributed by atoms with van der Waals surface area (Å²) in [5.74, 6) is -4.21. The van der Waals surface area contributed by atoms with E-state index in [1.54, 1.807) is 30.7 Å². The number of nitriles is 1. The van der Waals surface area contributed by atoms with E-state index in [4.69, 9.17) is 25.2 Å². The number of aromatic nitrogens is 5. The zero-order chi connectivity index (χ0) is 29.7. The maximum absolute atomic E-state index is 13.8. The van der Waals surface area contributed by atoms with Gasteiger partial charge in [0.25, 0.3) is 5.91 Å². The number of halogens is 1. The van der Waals surface area contributed by atoms with Crippen LogP contribution < -0.4 is 11.1 Å². The summed E-state index contributed by atoms with van der Waals surface area (Å²) in [7, 11) is 0. The standard InChI is InChI=1S/C28H25FN8O5/c1-27(25(39)40-12-9-30)15-41-28(23(31)38,42-16-27)24-36-21(18-4-6-19(29)7-5-18)22(37-24)20-8-11-33-26(35-20)34-14-17-3-2-10-32-13-17/h2-8,10-11,13H,12,14-16H2,1H3,(H2,31,38)(H,36,37)(H,33,34,35). The fourth-order valence-electron chi connectivity index (χ4n) is 4.19. The molecule has 0 radical (unpaired) electrons. The number of aromatic amines is 1. The lowest BCUT2D eigenvalue weighted by Gasteiger charge is -2.40. The van der Waals surface area contributed by atoms with Gasteiger partial charge in [0, 0.05) is 30.7 Å². The Bertz CT molecular complexity index is 1630. The molecular formula is C28H25FN8O5. The number of hydrogen-bond donors (Lipinski definition) is 3. The van der Waals surface area contributed by atoms with E-state index in [2.05, 4.69) is 30.2 Å². The topological polar surface area (TPSA) is 191 Å². The van der Waals surface area contributed by atoms with Crippen LogP contribution in [0.15, 0.2) is 61.1 Å². The Morgan fingerprint density at radius 3 is 2.60 bits per heavy atom. The van der Waals surface area contributed by atoms with Crippen LogP contribution in [0.1, 0.15) is 18.3 Å². The summed E-state index contributed by atoms with van der Waals surface area (Å²) in [5.41, 5.74) is 6.89. The Kier molecular flexibility index (Phi) is 7.87. The highest BCUT2D eigenvalue weighted by Gasteiger charge is 2.54. The number of ether oxygens (including phenoxy) is 3. The van der Waals surface area contributed by atoms with Crippen molar-refractivity contribution in [2.24, 2.45) is 11.1 Å². The van der Waals surface area contributed by atoms with Gasteiger partial charge in [-0.25, -0.2) is 19.3 Å². The van der Waals surface area contributed by atoms with Crippen molar-refractivity contribution >= 4 is 17.8 Å². The molecule has 1 amide bonds. The molecule has 42 heavy (non-hydrogen) atoms. The van der Waals surface area contributed by atoms with Gasteiger partial charge in [-0.3, -0.25) is 14.6 Å². The molecule has 1 fully saturated rings. The number of hydrogen-bond acceptors (Lipinski definition) is 11. The summed E-state index contributed by atoms with van der Waals surface area (Å²) in [6.07, 6.45) is 4.93. The fraction of sp³-hybridized carbons (Fsp3) is 0.250. The Morgan fingerprint density at radius 2 is 1.93 bits per heavy atom. The second-order valence-corrected chi connectivity index (χ2v) is 9.65. The molecule has 4 N–H and O–H groups in total. The number of rotatable bonds is 9. The first-order valence-electron chi connectivity index (χ1n) is 12.7. The van der Waals surface area contributed by atoms with E-state index in [0.29, 0.717) is 35.1 Å². The number of carbonyl (C=O) groups is 2. The normalized spacial score (nSPS) is 19.9. The summed E-state index contributed by atoms with van der Waals surface area (Å²) in [5, 5.41) is 11.9. The highest BCUT2D eigenvalue weighted by Crippen LogP contribution is 2.39. The molecule has 14 heteroatoms. The van der Waals surface area contributed by atoms with Crippen LogP contribution in [0.2, 0.25) is 0 Å². The average Bonchev–Trinajstić information content (AvgIpc) is 3.46. The van der Waals surface area contributed by atoms with Gasteiger partial charge in [0.15, 0.2) is 12.4 Å². The van der Waals surface area contributed by atoms with Gasteiger partial charge in [-0.15, -0.1) is 0 Å². The number of nitrogens with two attached hydrogens (primary N) is 1. The second-order valence-electron chi connectivity index (χ2n) is 9.65. The maximum atomic E-state index is 13.8. The van der Waals surface area contributed by atoms with Crippen molar-refractivity contribution < 1.29 is 28.2 Å². The zero-order valence-corrected chi connectivity index (χ0v) is 22.3. The Hall–Kier alpha value is -5.26. The predicted octanol–water partition coefficient (Wildman–Crippen LogP) is 2.44. The Balaban J connectivity index is 1.51. The van der Waals surface area contributed by atoms with Gasteiger partial charge in [0.05, 0.1) is 30.3 Å². The number of carbonyl (C=O) groups excluding carboxylic acids is 2. The minimum absolute atomic E-state index is 0.111. The number of H-pyrrole nitrogens is 1. The van der Waals surface area contributed by atoms with E-state index in [9.17, 15) is 14.0 Å². The number of nitrogens with one attached hydrogen (secondary N) is 2. The van der Waals surface area contributed by atoms with E-state index in [-0.39, 0.29) is 19.0 Å². The third kappa shape index (κ3) is 5.64. The number of primary amides is 1. The fourth-order valence-corrected chi connectivity index (χ4v) is 4.19. The number of pyridine rings is 1. The molecule has 0 atom stereocenters. The lowest BCUT2D eigenvalue weighted by atomic mass is 9.91. The number of imidazole rings is 1. The lowest BCUT2D eigenvalue weighted by Crippen LogP contribution is -2.56. The van der Waals surface area contributed by atoms with Crippen LogP contribution in [0, 0.1) is 22.6 Å². The summed E-state index contributed by atoms with van der Waals surface area (Å²) < 4.78 is 30.3. The molecule has 0 spiro atoms. The van der Waals surface area contributed by atoms with Gasteiger partial charge in [-0.2, -0.15) is 5.26 Å². The zero-order valence-electron chi connectivity index (χ0n) is 22.3. The summed E-state index contributed by atoms with van der Waals surface area (Å²) >= 11 is 0. The molecule has 0 bridgehead atoms. The Labute approximate surface area is 238 Å². The monoisotopic (exact) mass is 572 g/mol. The van der Waals surface area contributed by atoms with Gasteiger partial charge in [-0.1, -0.05) is 6.07 Å².